The minimum absolute atomic E-state index is 0.00419. The Kier molecular flexibility index (Phi) is 1.75. The Bertz CT molecular complexity index is 363. The van der Waals surface area contributed by atoms with Crippen LogP contribution in [0.5, 0.6) is 5.75 Å². The second kappa shape index (κ2) is 2.59. The van der Waals surface area contributed by atoms with Crippen molar-refractivity contribution in [2.75, 3.05) is 0 Å². The number of hydrogen-bond donors (Lipinski definition) is 2. The first-order valence-corrected chi connectivity index (χ1v) is 4.39. The average Bonchev–Trinajstić information content (AvgIpc) is 2.78. The topological polar surface area (TPSA) is 46.2 Å². The molecule has 4 heteroatoms. The number of rotatable bonds is 1. The molecule has 1 aliphatic carbocycles. The van der Waals surface area contributed by atoms with Crippen LogP contribution in [-0.4, -0.2) is 5.11 Å². The van der Waals surface area contributed by atoms with Gasteiger partial charge in [0, 0.05) is 5.54 Å². The van der Waals surface area contributed by atoms with Crippen LogP contribution >= 0.6 is 11.6 Å². The molecule has 0 bridgehead atoms. The fraction of sp³-hybridized carbons (Fsp3) is 0.333. The maximum Gasteiger partial charge on any atom is 0.150 e. The van der Waals surface area contributed by atoms with Crippen LogP contribution in [0.2, 0.25) is 5.02 Å². The molecule has 0 amide bonds. The van der Waals surface area contributed by atoms with Crippen molar-refractivity contribution in [3.63, 3.8) is 0 Å². The minimum Gasteiger partial charge on any atom is -0.507 e. The van der Waals surface area contributed by atoms with E-state index in [1.54, 1.807) is 0 Å². The molecule has 1 saturated carbocycles. The summed E-state index contributed by atoms with van der Waals surface area (Å²) < 4.78 is 13.4. The lowest BCUT2D eigenvalue weighted by molar-refractivity contribution is 0.446. The number of benzene rings is 1. The van der Waals surface area contributed by atoms with Gasteiger partial charge < -0.3 is 10.8 Å². The number of nitrogens with two attached hydrogens (primary N) is 1. The number of aromatic hydroxyl groups is 1. The maximum atomic E-state index is 13.4. The molecule has 0 aliphatic heterocycles. The van der Waals surface area contributed by atoms with Gasteiger partial charge in [-0.15, -0.1) is 0 Å². The lowest BCUT2D eigenvalue weighted by atomic mass is 10.0. The highest BCUT2D eigenvalue weighted by atomic mass is 35.5. The first-order chi connectivity index (χ1) is 6.04. The van der Waals surface area contributed by atoms with Gasteiger partial charge in [0.1, 0.15) is 5.75 Å². The number of phenols is 1. The summed E-state index contributed by atoms with van der Waals surface area (Å²) in [5.41, 5.74) is 5.24. The van der Waals surface area contributed by atoms with E-state index in [9.17, 15) is 9.50 Å². The summed E-state index contributed by atoms with van der Waals surface area (Å²) in [6.45, 7) is 0. The van der Waals surface area contributed by atoms with Gasteiger partial charge in [-0.3, -0.25) is 0 Å². The second-order valence-electron chi connectivity index (χ2n) is 3.41. The molecular weight excluding hydrogens is 193 g/mol. The molecule has 0 radical (unpaired) electrons. The maximum absolute atomic E-state index is 13.4. The fourth-order valence-corrected chi connectivity index (χ4v) is 1.56. The van der Waals surface area contributed by atoms with E-state index in [1.165, 1.54) is 12.1 Å². The molecule has 3 N–H and O–H groups in total. The summed E-state index contributed by atoms with van der Waals surface area (Å²) in [4.78, 5) is 0. The van der Waals surface area contributed by atoms with Crippen molar-refractivity contribution in [3.05, 3.63) is 28.5 Å². The van der Waals surface area contributed by atoms with Gasteiger partial charge >= 0.3 is 0 Å². The van der Waals surface area contributed by atoms with Gasteiger partial charge in [0.2, 0.25) is 0 Å². The van der Waals surface area contributed by atoms with Gasteiger partial charge in [-0.05, 0) is 25.0 Å². The average molecular weight is 202 g/mol. The normalized spacial score (nSPS) is 18.7. The lowest BCUT2D eigenvalue weighted by Gasteiger charge is -2.12. The van der Waals surface area contributed by atoms with Crippen molar-refractivity contribution in [3.8, 4) is 5.75 Å². The van der Waals surface area contributed by atoms with E-state index in [2.05, 4.69) is 0 Å². The number of hydrogen-bond acceptors (Lipinski definition) is 2. The molecule has 0 unspecified atom stereocenters. The zero-order valence-corrected chi connectivity index (χ0v) is 7.61. The van der Waals surface area contributed by atoms with Crippen LogP contribution in [-0.2, 0) is 5.54 Å². The molecule has 0 heterocycles. The predicted octanol–water partition coefficient (Wildman–Crippen LogP) is 2.13. The highest BCUT2D eigenvalue weighted by Gasteiger charge is 2.44. The third-order valence-electron chi connectivity index (χ3n) is 2.36. The molecule has 70 valence electrons. The van der Waals surface area contributed by atoms with Gasteiger partial charge in [-0.2, -0.15) is 0 Å². The van der Waals surface area contributed by atoms with Crippen LogP contribution in [0.4, 0.5) is 4.39 Å². The molecule has 1 fully saturated rings. The highest BCUT2D eigenvalue weighted by Crippen LogP contribution is 2.48. The number of halogens is 2. The van der Waals surface area contributed by atoms with Crippen molar-refractivity contribution in [1.82, 2.24) is 0 Å². The van der Waals surface area contributed by atoms with Gasteiger partial charge in [0.25, 0.3) is 0 Å². The second-order valence-corrected chi connectivity index (χ2v) is 3.82. The summed E-state index contributed by atoms with van der Waals surface area (Å²) in [7, 11) is 0. The molecule has 0 atom stereocenters. The van der Waals surface area contributed by atoms with E-state index in [0.29, 0.717) is 12.8 Å². The SMILES string of the molecule is NC1(c2c(O)ccc(Cl)c2F)CC1. The predicted molar refractivity (Wildman–Crippen MR) is 48.2 cm³/mol. The monoisotopic (exact) mass is 201 g/mol. The van der Waals surface area contributed by atoms with E-state index >= 15 is 0 Å². The standard InChI is InChI=1S/C9H9ClFNO/c10-5-1-2-6(13)7(8(5)11)9(12)3-4-9/h1-2,13H,3-4,12H2. The van der Waals surface area contributed by atoms with Gasteiger partial charge in [0.15, 0.2) is 5.82 Å². The molecular formula is C9H9ClFNO. The molecule has 13 heavy (non-hydrogen) atoms. The third-order valence-corrected chi connectivity index (χ3v) is 2.65. The Morgan fingerprint density at radius 1 is 1.46 bits per heavy atom. The molecule has 2 nitrogen and oxygen atoms in total. The molecule has 2 rings (SSSR count). The van der Waals surface area contributed by atoms with Crippen LogP contribution in [0.1, 0.15) is 18.4 Å². The summed E-state index contributed by atoms with van der Waals surface area (Å²) in [5.74, 6) is -0.705. The van der Waals surface area contributed by atoms with Crippen molar-refractivity contribution in [1.29, 1.82) is 0 Å². The van der Waals surface area contributed by atoms with Crippen molar-refractivity contribution < 1.29 is 9.50 Å². The Hall–Kier alpha value is -0.800. The van der Waals surface area contributed by atoms with E-state index in [0.717, 1.165) is 0 Å². The van der Waals surface area contributed by atoms with E-state index in [1.807, 2.05) is 0 Å². The van der Waals surface area contributed by atoms with E-state index < -0.39 is 11.4 Å². The largest absolute Gasteiger partial charge is 0.507 e. The fourth-order valence-electron chi connectivity index (χ4n) is 1.40. The minimum atomic E-state index is -0.695. The van der Waals surface area contributed by atoms with E-state index in [4.69, 9.17) is 17.3 Å². The quantitative estimate of drug-likeness (QED) is 0.731. The molecule has 1 aromatic rings. The molecule has 0 aromatic heterocycles. The van der Waals surface area contributed by atoms with E-state index in [-0.39, 0.29) is 16.3 Å². The van der Waals surface area contributed by atoms with Gasteiger partial charge in [0.05, 0.1) is 10.6 Å². The van der Waals surface area contributed by atoms with Crippen LogP contribution in [0, 0.1) is 5.82 Å². The number of phenolic OH excluding ortho intramolecular Hbond substituents is 1. The molecule has 0 spiro atoms. The van der Waals surface area contributed by atoms with Gasteiger partial charge in [-0.1, -0.05) is 11.6 Å². The highest BCUT2D eigenvalue weighted by molar-refractivity contribution is 6.30. The molecule has 1 aliphatic rings. The first-order valence-electron chi connectivity index (χ1n) is 4.01. The Morgan fingerprint density at radius 2 is 2.08 bits per heavy atom. The van der Waals surface area contributed by atoms with Crippen LogP contribution < -0.4 is 5.73 Å². The zero-order valence-electron chi connectivity index (χ0n) is 6.85. The third kappa shape index (κ3) is 1.28. The van der Waals surface area contributed by atoms with Crippen LogP contribution in [0.15, 0.2) is 12.1 Å². The van der Waals surface area contributed by atoms with Crippen LogP contribution in [0.25, 0.3) is 0 Å². The van der Waals surface area contributed by atoms with Crippen molar-refractivity contribution in [2.45, 2.75) is 18.4 Å². The lowest BCUT2D eigenvalue weighted by Crippen LogP contribution is -2.20. The zero-order chi connectivity index (χ0) is 9.64. The Labute approximate surface area is 80.1 Å². The smallest absolute Gasteiger partial charge is 0.150 e. The molecule has 1 aromatic carbocycles. The van der Waals surface area contributed by atoms with Crippen molar-refractivity contribution >= 4 is 11.6 Å². The van der Waals surface area contributed by atoms with Crippen LogP contribution in [0.3, 0.4) is 0 Å². The summed E-state index contributed by atoms with van der Waals surface area (Å²) in [5, 5.41) is 9.42. The van der Waals surface area contributed by atoms with Crippen molar-refractivity contribution in [2.24, 2.45) is 5.73 Å². The summed E-state index contributed by atoms with van der Waals surface area (Å²) in [6.07, 6.45) is 1.38. The molecule has 0 saturated heterocycles. The Morgan fingerprint density at radius 3 is 2.62 bits per heavy atom. The summed E-state index contributed by atoms with van der Waals surface area (Å²) >= 11 is 5.58. The summed E-state index contributed by atoms with van der Waals surface area (Å²) in [6, 6.07) is 2.69. The van der Waals surface area contributed by atoms with Gasteiger partial charge in [-0.25, -0.2) is 4.39 Å². The Balaban J connectivity index is 2.61. The first kappa shape index (κ1) is 8.78.